The second-order valence-corrected chi connectivity index (χ2v) is 4.98. The van der Waals surface area contributed by atoms with Gasteiger partial charge in [0.25, 0.3) is 0 Å². The number of ether oxygens (including phenoxy) is 1. The van der Waals surface area contributed by atoms with E-state index in [1.165, 1.54) is 0 Å². The van der Waals surface area contributed by atoms with E-state index < -0.39 is 0 Å². The van der Waals surface area contributed by atoms with E-state index in [0.29, 0.717) is 18.1 Å². The summed E-state index contributed by atoms with van der Waals surface area (Å²) in [7, 11) is 3.30. The van der Waals surface area contributed by atoms with Crippen LogP contribution in [0, 0.1) is 5.41 Å². The Labute approximate surface area is 95.8 Å². The van der Waals surface area contributed by atoms with Gasteiger partial charge >= 0.3 is 0 Å². The van der Waals surface area contributed by atoms with Crippen molar-refractivity contribution in [1.29, 1.82) is 0 Å². The lowest BCUT2D eigenvalue weighted by Gasteiger charge is -2.17. The fourth-order valence-electron chi connectivity index (χ4n) is 1.33. The highest BCUT2D eigenvalue weighted by Gasteiger charge is 2.17. The Morgan fingerprint density at radius 2 is 2.19 bits per heavy atom. The molecule has 16 heavy (non-hydrogen) atoms. The quantitative estimate of drug-likeness (QED) is 0.853. The predicted octanol–water partition coefficient (Wildman–Crippen LogP) is 1.80. The lowest BCUT2D eigenvalue weighted by molar-refractivity contribution is -0.117. The molecule has 5 heteroatoms. The molecule has 0 aliphatic rings. The summed E-state index contributed by atoms with van der Waals surface area (Å²) in [5, 5.41) is 6.86. The first-order valence-electron chi connectivity index (χ1n) is 5.20. The highest BCUT2D eigenvalue weighted by molar-refractivity contribution is 5.90. The van der Waals surface area contributed by atoms with E-state index in [1.807, 2.05) is 20.8 Å². The van der Waals surface area contributed by atoms with Gasteiger partial charge in [-0.2, -0.15) is 0 Å². The minimum absolute atomic E-state index is 0.0156. The molecule has 0 saturated heterocycles. The smallest absolute Gasteiger partial charge is 0.234 e. The predicted molar refractivity (Wildman–Crippen MR) is 62.5 cm³/mol. The van der Waals surface area contributed by atoms with Gasteiger partial charge in [0, 0.05) is 19.5 Å². The number of hydrogen-bond acceptors (Lipinski definition) is 3. The Kier molecular flexibility index (Phi) is 3.57. The van der Waals surface area contributed by atoms with Gasteiger partial charge < -0.3 is 10.1 Å². The largest absolute Gasteiger partial charge is 0.480 e. The first kappa shape index (κ1) is 12.5. The number of nitrogens with zero attached hydrogens (tertiary/aromatic N) is 2. The average Bonchev–Trinajstić information content (AvgIpc) is 2.44. The van der Waals surface area contributed by atoms with Gasteiger partial charge in [-0.25, -0.2) is 4.68 Å². The summed E-state index contributed by atoms with van der Waals surface area (Å²) in [6, 6.07) is 1.69. The maximum absolute atomic E-state index is 11.7. The summed E-state index contributed by atoms with van der Waals surface area (Å²) in [5.74, 6) is 1.12. The zero-order valence-electron chi connectivity index (χ0n) is 10.5. The Morgan fingerprint density at radius 3 is 2.62 bits per heavy atom. The molecule has 0 aliphatic carbocycles. The monoisotopic (exact) mass is 225 g/mol. The first-order chi connectivity index (χ1) is 7.31. The number of amides is 1. The molecule has 1 aromatic heterocycles. The Hall–Kier alpha value is -1.52. The van der Waals surface area contributed by atoms with Crippen molar-refractivity contribution in [3.63, 3.8) is 0 Å². The summed E-state index contributed by atoms with van der Waals surface area (Å²) in [5.41, 5.74) is -0.0211. The van der Waals surface area contributed by atoms with Crippen LogP contribution in [-0.4, -0.2) is 22.8 Å². The fourth-order valence-corrected chi connectivity index (χ4v) is 1.33. The lowest BCUT2D eigenvalue weighted by Crippen LogP contribution is -2.20. The SMILES string of the molecule is COc1cc(NC(=O)CC(C)(C)C)n(C)n1. The Morgan fingerprint density at radius 1 is 1.56 bits per heavy atom. The van der Waals surface area contributed by atoms with Gasteiger partial charge in [-0.15, -0.1) is 5.10 Å². The number of methoxy groups -OCH3 is 1. The summed E-state index contributed by atoms with van der Waals surface area (Å²) >= 11 is 0. The van der Waals surface area contributed by atoms with Crippen molar-refractivity contribution in [3.05, 3.63) is 6.07 Å². The molecule has 0 atom stereocenters. The van der Waals surface area contributed by atoms with E-state index in [9.17, 15) is 4.79 Å². The van der Waals surface area contributed by atoms with Crippen LogP contribution in [0.3, 0.4) is 0 Å². The number of carbonyl (C=O) groups excluding carboxylic acids is 1. The first-order valence-corrected chi connectivity index (χ1v) is 5.20. The minimum Gasteiger partial charge on any atom is -0.480 e. The summed E-state index contributed by atoms with van der Waals surface area (Å²) in [4.78, 5) is 11.7. The average molecular weight is 225 g/mol. The van der Waals surface area contributed by atoms with Crippen LogP contribution in [0.15, 0.2) is 6.07 Å². The van der Waals surface area contributed by atoms with Crippen LogP contribution in [0.1, 0.15) is 27.2 Å². The molecule has 1 heterocycles. The Balaban J connectivity index is 2.66. The van der Waals surface area contributed by atoms with Crippen LogP contribution in [0.5, 0.6) is 5.88 Å². The molecule has 1 aromatic rings. The summed E-state index contributed by atoms with van der Waals surface area (Å²) in [6.45, 7) is 6.07. The van der Waals surface area contributed by atoms with Crippen LogP contribution >= 0.6 is 0 Å². The molecule has 0 bridgehead atoms. The number of aryl methyl sites for hydroxylation is 1. The van der Waals surface area contributed by atoms with Gasteiger partial charge in [-0.1, -0.05) is 20.8 Å². The maximum atomic E-state index is 11.7. The molecular weight excluding hydrogens is 206 g/mol. The van der Waals surface area contributed by atoms with E-state index >= 15 is 0 Å². The topological polar surface area (TPSA) is 56.1 Å². The highest BCUT2D eigenvalue weighted by atomic mass is 16.5. The summed E-state index contributed by atoms with van der Waals surface area (Å²) in [6.07, 6.45) is 0.473. The highest BCUT2D eigenvalue weighted by Crippen LogP contribution is 2.20. The standard InChI is InChI=1S/C11H19N3O2/c1-11(2,3)7-9(15)12-8-6-10(16-5)13-14(8)4/h6H,7H2,1-5H3,(H,12,15). The van der Waals surface area contributed by atoms with Gasteiger partial charge in [-0.05, 0) is 5.41 Å². The zero-order valence-corrected chi connectivity index (χ0v) is 10.5. The minimum atomic E-state index is -0.0211. The number of hydrogen-bond donors (Lipinski definition) is 1. The van der Waals surface area contributed by atoms with Crippen molar-refractivity contribution in [3.8, 4) is 5.88 Å². The molecule has 90 valence electrons. The molecule has 5 nitrogen and oxygen atoms in total. The second-order valence-electron chi connectivity index (χ2n) is 4.98. The molecule has 0 unspecified atom stereocenters. The van der Waals surface area contributed by atoms with E-state index in [2.05, 4.69) is 10.4 Å². The van der Waals surface area contributed by atoms with E-state index in [4.69, 9.17) is 4.74 Å². The van der Waals surface area contributed by atoms with Gasteiger partial charge in [0.2, 0.25) is 11.8 Å². The van der Waals surface area contributed by atoms with Crippen LogP contribution in [0.25, 0.3) is 0 Å². The van der Waals surface area contributed by atoms with Crippen molar-refractivity contribution in [2.45, 2.75) is 27.2 Å². The molecule has 0 saturated carbocycles. The third kappa shape index (κ3) is 3.56. The van der Waals surface area contributed by atoms with Crippen LogP contribution in [0.4, 0.5) is 5.82 Å². The van der Waals surface area contributed by atoms with Crippen LogP contribution < -0.4 is 10.1 Å². The van der Waals surface area contributed by atoms with E-state index in [0.717, 1.165) is 0 Å². The van der Waals surface area contributed by atoms with Gasteiger partial charge in [0.1, 0.15) is 5.82 Å². The van der Waals surface area contributed by atoms with Gasteiger partial charge in [0.05, 0.1) is 7.11 Å². The molecule has 0 radical (unpaired) electrons. The molecule has 0 aliphatic heterocycles. The lowest BCUT2D eigenvalue weighted by atomic mass is 9.92. The van der Waals surface area contributed by atoms with Crippen molar-refractivity contribution < 1.29 is 9.53 Å². The Bertz CT molecular complexity index is 377. The van der Waals surface area contributed by atoms with Crippen molar-refractivity contribution >= 4 is 11.7 Å². The normalized spacial score (nSPS) is 11.3. The molecule has 1 rings (SSSR count). The molecule has 1 amide bonds. The van der Waals surface area contributed by atoms with Crippen LogP contribution in [0.2, 0.25) is 0 Å². The number of rotatable bonds is 3. The third-order valence-electron chi connectivity index (χ3n) is 2.02. The van der Waals surface area contributed by atoms with Crippen molar-refractivity contribution in [2.75, 3.05) is 12.4 Å². The molecule has 0 fully saturated rings. The molecular formula is C11H19N3O2. The number of aromatic nitrogens is 2. The maximum Gasteiger partial charge on any atom is 0.234 e. The van der Waals surface area contributed by atoms with E-state index in [-0.39, 0.29) is 11.3 Å². The van der Waals surface area contributed by atoms with Crippen molar-refractivity contribution in [2.24, 2.45) is 12.5 Å². The fraction of sp³-hybridized carbons (Fsp3) is 0.636. The number of anilines is 1. The third-order valence-corrected chi connectivity index (χ3v) is 2.02. The van der Waals surface area contributed by atoms with Gasteiger partial charge in [-0.3, -0.25) is 4.79 Å². The summed E-state index contributed by atoms with van der Waals surface area (Å²) < 4.78 is 6.56. The second kappa shape index (κ2) is 4.55. The van der Waals surface area contributed by atoms with Crippen molar-refractivity contribution in [1.82, 2.24) is 9.78 Å². The van der Waals surface area contributed by atoms with Gasteiger partial charge in [0.15, 0.2) is 0 Å². The number of carbonyl (C=O) groups is 1. The zero-order chi connectivity index (χ0) is 12.3. The molecule has 0 aromatic carbocycles. The van der Waals surface area contributed by atoms with Crippen LogP contribution in [-0.2, 0) is 11.8 Å². The molecule has 1 N–H and O–H groups in total. The van der Waals surface area contributed by atoms with E-state index in [1.54, 1.807) is 24.9 Å². The number of nitrogens with one attached hydrogen (secondary N) is 1. The molecule has 0 spiro atoms.